The highest BCUT2D eigenvalue weighted by molar-refractivity contribution is 5.74. The molecule has 0 aromatic heterocycles. The molecule has 1 saturated carbocycles. The van der Waals surface area contributed by atoms with Crippen molar-refractivity contribution in [2.75, 3.05) is 0 Å². The van der Waals surface area contributed by atoms with Crippen LogP contribution in [0.3, 0.4) is 0 Å². The topological polar surface area (TPSA) is 0 Å². The second-order valence-electron chi connectivity index (χ2n) is 11.8. The maximum absolute atomic E-state index is 15.3. The van der Waals surface area contributed by atoms with Gasteiger partial charge in [0, 0.05) is 11.1 Å². The van der Waals surface area contributed by atoms with Gasteiger partial charge in [-0.05, 0) is 103 Å². The van der Waals surface area contributed by atoms with E-state index in [1.54, 1.807) is 42.5 Å². The number of hydrogen-bond donors (Lipinski definition) is 0. The number of hydrogen-bond acceptors (Lipinski definition) is 0. The molecule has 40 heavy (non-hydrogen) atoms. The minimum atomic E-state index is -0.826. The molecule has 1 atom stereocenters. The maximum Gasteiger partial charge on any atom is 0.166 e. The Morgan fingerprint density at radius 3 is 2.08 bits per heavy atom. The fourth-order valence-corrected chi connectivity index (χ4v) is 6.90. The number of benzene rings is 3. The van der Waals surface area contributed by atoms with Crippen molar-refractivity contribution in [1.29, 1.82) is 0 Å². The third-order valence-electron chi connectivity index (χ3n) is 9.32. The Bertz CT molecular complexity index is 1340. The molecule has 0 N–H and O–H groups in total. The number of rotatable bonds is 9. The van der Waals surface area contributed by atoms with Crippen LogP contribution in [0.15, 0.2) is 73.3 Å². The summed E-state index contributed by atoms with van der Waals surface area (Å²) >= 11 is 0. The Labute approximate surface area is 238 Å². The third kappa shape index (κ3) is 6.29. The highest BCUT2D eigenvalue weighted by Crippen LogP contribution is 2.42. The molecule has 0 radical (unpaired) electrons. The van der Waals surface area contributed by atoms with Gasteiger partial charge in [0.1, 0.15) is 5.82 Å². The molecule has 2 aliphatic rings. The number of aryl methyl sites for hydroxylation is 1. The van der Waals surface area contributed by atoms with E-state index in [0.717, 1.165) is 54.6 Å². The van der Waals surface area contributed by atoms with E-state index in [0.29, 0.717) is 23.1 Å². The molecule has 0 amide bonds. The summed E-state index contributed by atoms with van der Waals surface area (Å²) in [6.45, 7) is 5.80. The van der Waals surface area contributed by atoms with Crippen LogP contribution in [0.5, 0.6) is 0 Å². The summed E-state index contributed by atoms with van der Waals surface area (Å²) in [6, 6.07) is 15.8. The van der Waals surface area contributed by atoms with Crippen molar-refractivity contribution < 1.29 is 13.2 Å². The first kappa shape index (κ1) is 28.5. The highest BCUT2D eigenvalue weighted by Gasteiger charge is 2.28. The van der Waals surface area contributed by atoms with Crippen molar-refractivity contribution in [3.63, 3.8) is 0 Å². The number of halogens is 3. The molecule has 1 fully saturated rings. The van der Waals surface area contributed by atoms with Gasteiger partial charge >= 0.3 is 0 Å². The van der Waals surface area contributed by atoms with E-state index in [1.165, 1.54) is 44.1 Å². The summed E-state index contributed by atoms with van der Waals surface area (Å²) in [5, 5.41) is 0. The maximum atomic E-state index is 15.3. The number of allylic oxidation sites excluding steroid dienone is 3. The second-order valence-corrected chi connectivity index (χ2v) is 11.8. The fourth-order valence-electron chi connectivity index (χ4n) is 6.90. The van der Waals surface area contributed by atoms with Crippen LogP contribution in [-0.4, -0.2) is 0 Å². The zero-order valence-corrected chi connectivity index (χ0v) is 23.7. The van der Waals surface area contributed by atoms with Gasteiger partial charge in [0.2, 0.25) is 0 Å². The van der Waals surface area contributed by atoms with Crippen LogP contribution in [0.25, 0.3) is 27.8 Å². The molecule has 3 heteroatoms. The van der Waals surface area contributed by atoms with E-state index in [1.807, 2.05) is 25.1 Å². The molecule has 0 spiro atoms. The van der Waals surface area contributed by atoms with E-state index in [-0.39, 0.29) is 11.4 Å². The molecule has 0 saturated heterocycles. The quantitative estimate of drug-likeness (QED) is 0.236. The summed E-state index contributed by atoms with van der Waals surface area (Å²) in [7, 11) is 0. The minimum absolute atomic E-state index is 0.225. The standard InChI is InChI=1S/C37H41F3/c1-3-5-7-25-8-10-26(11-9-25)27-12-14-28(15-13-27)32-21-22-33(35(38)24-32)29-16-18-30(19-17-29)34-23-20-31(6-4-2)36(39)37(34)40/h3,14,16-27H,1,4-13,15H2,2H3. The summed E-state index contributed by atoms with van der Waals surface area (Å²) in [5.74, 6) is 0.607. The third-order valence-corrected chi connectivity index (χ3v) is 9.32. The SMILES string of the molecule is C=CCCC1CCC(C2CC=C(c3ccc(-c4ccc(-c5ccc(CCC)c(F)c5F)cc4)c(F)c3)CC2)CC1. The molecule has 0 aliphatic heterocycles. The van der Waals surface area contributed by atoms with E-state index in [2.05, 4.69) is 12.7 Å². The summed E-state index contributed by atoms with van der Waals surface area (Å²) < 4.78 is 44.5. The Morgan fingerprint density at radius 1 is 0.775 bits per heavy atom. The normalized spacial score (nSPS) is 21.2. The van der Waals surface area contributed by atoms with Crippen LogP contribution in [0.1, 0.15) is 82.3 Å². The Kier molecular flexibility index (Phi) is 9.29. The largest absolute Gasteiger partial charge is 0.206 e. The Hall–Kier alpha value is -3.07. The van der Waals surface area contributed by atoms with Gasteiger partial charge in [0.25, 0.3) is 0 Å². The predicted molar refractivity (Wildman–Crippen MR) is 161 cm³/mol. The van der Waals surface area contributed by atoms with Crippen LogP contribution in [0, 0.1) is 35.2 Å². The van der Waals surface area contributed by atoms with E-state index < -0.39 is 11.6 Å². The lowest BCUT2D eigenvalue weighted by atomic mass is 9.70. The summed E-state index contributed by atoms with van der Waals surface area (Å²) in [6.07, 6.45) is 16.8. The van der Waals surface area contributed by atoms with E-state index in [9.17, 15) is 8.78 Å². The lowest BCUT2D eigenvalue weighted by molar-refractivity contribution is 0.190. The average Bonchev–Trinajstić information content (AvgIpc) is 2.99. The first-order chi connectivity index (χ1) is 19.5. The highest BCUT2D eigenvalue weighted by atomic mass is 19.2. The lowest BCUT2D eigenvalue weighted by Gasteiger charge is -2.35. The van der Waals surface area contributed by atoms with Crippen LogP contribution >= 0.6 is 0 Å². The molecule has 0 heterocycles. The summed E-state index contributed by atoms with van der Waals surface area (Å²) in [5.41, 5.74) is 4.65. The van der Waals surface area contributed by atoms with Crippen LogP contribution in [0.2, 0.25) is 0 Å². The molecule has 3 aromatic carbocycles. The van der Waals surface area contributed by atoms with Crippen molar-refractivity contribution >= 4 is 5.57 Å². The molecule has 1 unspecified atom stereocenters. The summed E-state index contributed by atoms with van der Waals surface area (Å²) in [4.78, 5) is 0. The van der Waals surface area contributed by atoms with Gasteiger partial charge in [-0.3, -0.25) is 0 Å². The van der Waals surface area contributed by atoms with Gasteiger partial charge in [0.05, 0.1) is 0 Å². The Balaban J connectivity index is 1.23. The predicted octanol–water partition coefficient (Wildman–Crippen LogP) is 11.3. The van der Waals surface area contributed by atoms with Gasteiger partial charge in [-0.1, -0.05) is 86.9 Å². The molecular formula is C37H41F3. The zero-order valence-electron chi connectivity index (χ0n) is 23.7. The van der Waals surface area contributed by atoms with Gasteiger partial charge in [-0.2, -0.15) is 0 Å². The van der Waals surface area contributed by atoms with Crippen molar-refractivity contribution in [1.82, 2.24) is 0 Å². The lowest BCUT2D eigenvalue weighted by Crippen LogP contribution is -2.23. The fraction of sp³-hybridized carbons (Fsp3) is 0.405. The monoisotopic (exact) mass is 542 g/mol. The molecule has 0 bridgehead atoms. The smallest absolute Gasteiger partial charge is 0.166 e. The van der Waals surface area contributed by atoms with Crippen molar-refractivity contribution in [2.45, 2.75) is 77.6 Å². The molecule has 2 aliphatic carbocycles. The molecule has 5 rings (SSSR count). The second kappa shape index (κ2) is 13.1. The van der Waals surface area contributed by atoms with Gasteiger partial charge in [-0.15, -0.1) is 6.58 Å². The van der Waals surface area contributed by atoms with Gasteiger partial charge in [0.15, 0.2) is 11.6 Å². The van der Waals surface area contributed by atoms with Crippen LogP contribution < -0.4 is 0 Å². The minimum Gasteiger partial charge on any atom is -0.206 e. The molecule has 3 aromatic rings. The molecular weight excluding hydrogens is 501 g/mol. The molecule has 0 nitrogen and oxygen atoms in total. The van der Waals surface area contributed by atoms with Crippen LogP contribution in [-0.2, 0) is 6.42 Å². The van der Waals surface area contributed by atoms with E-state index >= 15 is 4.39 Å². The Morgan fingerprint density at radius 2 is 1.45 bits per heavy atom. The van der Waals surface area contributed by atoms with Gasteiger partial charge in [-0.25, -0.2) is 13.2 Å². The van der Waals surface area contributed by atoms with Crippen molar-refractivity contribution in [2.24, 2.45) is 17.8 Å². The van der Waals surface area contributed by atoms with Crippen molar-refractivity contribution in [3.8, 4) is 22.3 Å². The van der Waals surface area contributed by atoms with Gasteiger partial charge < -0.3 is 0 Å². The van der Waals surface area contributed by atoms with E-state index in [4.69, 9.17) is 0 Å². The van der Waals surface area contributed by atoms with Crippen LogP contribution in [0.4, 0.5) is 13.2 Å². The first-order valence-corrected chi connectivity index (χ1v) is 15.2. The van der Waals surface area contributed by atoms with Crippen molar-refractivity contribution in [3.05, 3.63) is 102 Å². The average molecular weight is 543 g/mol. The first-order valence-electron chi connectivity index (χ1n) is 15.2. The molecule has 210 valence electrons. The zero-order chi connectivity index (χ0) is 28.1.